The summed E-state index contributed by atoms with van der Waals surface area (Å²) in [6, 6.07) is 14.5. The summed E-state index contributed by atoms with van der Waals surface area (Å²) in [6.07, 6.45) is -4.39. The van der Waals surface area contributed by atoms with Crippen molar-refractivity contribution in [1.29, 1.82) is 0 Å². The fraction of sp³-hybridized carbons (Fsp3) is 0.136. The van der Waals surface area contributed by atoms with E-state index < -0.39 is 11.7 Å². The predicted octanol–water partition coefficient (Wildman–Crippen LogP) is 5.84. The number of alkyl halides is 3. The highest BCUT2D eigenvalue weighted by Gasteiger charge is 2.30. The number of hydrogen-bond donors (Lipinski definition) is 1. The van der Waals surface area contributed by atoms with Crippen LogP contribution < -0.4 is 5.32 Å². The Morgan fingerprint density at radius 2 is 1.77 bits per heavy atom. The minimum absolute atomic E-state index is 0.162. The number of rotatable bonds is 5. The number of nitrogens with one attached hydrogen (secondary N) is 1. The lowest BCUT2D eigenvalue weighted by molar-refractivity contribution is -0.137. The third kappa shape index (κ3) is 4.23. The van der Waals surface area contributed by atoms with E-state index in [0.29, 0.717) is 16.8 Å². The molecule has 8 heteroatoms. The number of halogens is 4. The number of benzene rings is 2. The van der Waals surface area contributed by atoms with Crippen molar-refractivity contribution >= 4 is 27.5 Å². The van der Waals surface area contributed by atoms with Gasteiger partial charge in [-0.1, -0.05) is 24.3 Å². The van der Waals surface area contributed by atoms with Gasteiger partial charge >= 0.3 is 6.18 Å². The molecule has 0 aliphatic carbocycles. The van der Waals surface area contributed by atoms with Gasteiger partial charge in [-0.25, -0.2) is 4.39 Å². The van der Waals surface area contributed by atoms with E-state index in [1.54, 1.807) is 22.8 Å². The van der Waals surface area contributed by atoms with Crippen LogP contribution in [0.5, 0.6) is 0 Å². The van der Waals surface area contributed by atoms with Crippen molar-refractivity contribution in [3.8, 4) is 0 Å². The molecule has 0 atom stereocenters. The van der Waals surface area contributed by atoms with Crippen molar-refractivity contribution in [3.63, 3.8) is 0 Å². The van der Waals surface area contributed by atoms with Crippen LogP contribution in [0.25, 0.3) is 10.2 Å². The maximum Gasteiger partial charge on any atom is 0.416 e. The Balaban J connectivity index is 1.58. The number of aromatic nitrogens is 1. The van der Waals surface area contributed by atoms with E-state index in [4.69, 9.17) is 0 Å². The van der Waals surface area contributed by atoms with Gasteiger partial charge in [-0.2, -0.15) is 13.2 Å². The molecule has 0 bridgehead atoms. The van der Waals surface area contributed by atoms with Crippen molar-refractivity contribution in [2.45, 2.75) is 19.3 Å². The van der Waals surface area contributed by atoms with E-state index in [2.05, 4.69) is 5.32 Å². The number of fused-ring (bicyclic) bond motifs is 1. The highest BCUT2D eigenvalue weighted by Crippen LogP contribution is 2.30. The zero-order chi connectivity index (χ0) is 21.3. The minimum atomic E-state index is -4.39. The Bertz CT molecular complexity index is 1190. The molecule has 2 heterocycles. The molecule has 1 amide bonds. The maximum atomic E-state index is 13.3. The van der Waals surface area contributed by atoms with Crippen LogP contribution in [0.4, 0.5) is 17.6 Å². The number of carbonyl (C=O) groups excluding carboxylic acids is 1. The molecule has 154 valence electrons. The Morgan fingerprint density at radius 1 is 1.00 bits per heavy atom. The predicted molar refractivity (Wildman–Crippen MR) is 108 cm³/mol. The SMILES string of the molecule is O=C(NCc1cccc(F)c1)c1cc2sccc2n1Cc1ccc(C(F)(F)F)cc1. The monoisotopic (exact) mass is 432 g/mol. The Kier molecular flexibility index (Phi) is 5.34. The second-order valence-electron chi connectivity index (χ2n) is 6.79. The van der Waals surface area contributed by atoms with Gasteiger partial charge in [0.05, 0.1) is 15.8 Å². The van der Waals surface area contributed by atoms with Crippen LogP contribution in [-0.2, 0) is 19.3 Å². The van der Waals surface area contributed by atoms with Crippen LogP contribution in [0.2, 0.25) is 0 Å². The molecular weight excluding hydrogens is 416 g/mol. The van der Waals surface area contributed by atoms with E-state index >= 15 is 0 Å². The molecule has 0 radical (unpaired) electrons. The largest absolute Gasteiger partial charge is 0.416 e. The summed E-state index contributed by atoms with van der Waals surface area (Å²) in [5.41, 5.74) is 1.79. The van der Waals surface area contributed by atoms with Gasteiger partial charge in [-0.15, -0.1) is 11.3 Å². The lowest BCUT2D eigenvalue weighted by Crippen LogP contribution is -2.25. The van der Waals surface area contributed by atoms with Gasteiger partial charge in [0.25, 0.3) is 5.91 Å². The Labute approximate surface area is 173 Å². The van der Waals surface area contributed by atoms with E-state index in [0.717, 1.165) is 22.3 Å². The second kappa shape index (κ2) is 7.95. The molecule has 4 rings (SSSR count). The summed E-state index contributed by atoms with van der Waals surface area (Å²) in [6.45, 7) is 0.413. The van der Waals surface area contributed by atoms with Crippen LogP contribution in [-0.4, -0.2) is 10.5 Å². The van der Waals surface area contributed by atoms with Crippen LogP contribution in [0, 0.1) is 5.82 Å². The highest BCUT2D eigenvalue weighted by atomic mass is 32.1. The zero-order valence-electron chi connectivity index (χ0n) is 15.5. The Morgan fingerprint density at radius 3 is 2.47 bits per heavy atom. The van der Waals surface area contributed by atoms with E-state index in [1.165, 1.54) is 35.6 Å². The third-order valence-electron chi connectivity index (χ3n) is 4.72. The smallest absolute Gasteiger partial charge is 0.347 e. The molecular formula is C22H16F4N2OS. The van der Waals surface area contributed by atoms with Crippen LogP contribution in [0.1, 0.15) is 27.2 Å². The van der Waals surface area contributed by atoms with E-state index in [9.17, 15) is 22.4 Å². The molecule has 1 N–H and O–H groups in total. The second-order valence-corrected chi connectivity index (χ2v) is 7.74. The van der Waals surface area contributed by atoms with Gasteiger partial charge in [-0.3, -0.25) is 4.79 Å². The number of thiophene rings is 1. The summed E-state index contributed by atoms with van der Waals surface area (Å²) < 4.78 is 54.4. The molecule has 2 aromatic heterocycles. The third-order valence-corrected chi connectivity index (χ3v) is 5.57. The van der Waals surface area contributed by atoms with Gasteiger partial charge in [-0.05, 0) is 52.9 Å². The standard InChI is InChI=1S/C22H16F4N2OS/c23-17-3-1-2-15(10-17)12-27-21(29)19-11-20-18(8-9-30-20)28(19)13-14-4-6-16(7-5-14)22(24,25)26/h1-11H,12-13H2,(H,27,29). The summed E-state index contributed by atoms with van der Waals surface area (Å²) in [5.74, 6) is -0.720. The lowest BCUT2D eigenvalue weighted by Gasteiger charge is -2.12. The molecule has 0 aliphatic heterocycles. The number of carbonyl (C=O) groups is 1. The van der Waals surface area contributed by atoms with Crippen molar-refractivity contribution in [1.82, 2.24) is 9.88 Å². The quantitative estimate of drug-likeness (QED) is 0.395. The maximum absolute atomic E-state index is 13.3. The molecule has 4 aromatic rings. The minimum Gasteiger partial charge on any atom is -0.347 e. The molecule has 0 fully saturated rings. The van der Waals surface area contributed by atoms with Crippen LogP contribution >= 0.6 is 11.3 Å². The molecule has 3 nitrogen and oxygen atoms in total. The van der Waals surface area contributed by atoms with E-state index in [1.807, 2.05) is 11.4 Å². The fourth-order valence-electron chi connectivity index (χ4n) is 3.24. The average Bonchev–Trinajstić information content (AvgIpc) is 3.29. The molecule has 2 aromatic carbocycles. The van der Waals surface area contributed by atoms with Crippen molar-refractivity contribution in [3.05, 3.63) is 94.2 Å². The topological polar surface area (TPSA) is 34.0 Å². The molecule has 0 spiro atoms. The normalized spacial score (nSPS) is 11.7. The van der Waals surface area contributed by atoms with Crippen molar-refractivity contribution < 1.29 is 22.4 Å². The van der Waals surface area contributed by atoms with E-state index in [-0.39, 0.29) is 24.8 Å². The van der Waals surface area contributed by atoms with Crippen LogP contribution in [0.15, 0.2) is 66.0 Å². The first kappa shape index (κ1) is 20.2. The number of amides is 1. The van der Waals surface area contributed by atoms with Gasteiger partial charge in [0.1, 0.15) is 11.5 Å². The molecule has 0 unspecified atom stereocenters. The summed E-state index contributed by atoms with van der Waals surface area (Å²) in [5, 5.41) is 4.67. The van der Waals surface area contributed by atoms with Crippen molar-refractivity contribution in [2.24, 2.45) is 0 Å². The van der Waals surface area contributed by atoms with Gasteiger partial charge in [0.2, 0.25) is 0 Å². The highest BCUT2D eigenvalue weighted by molar-refractivity contribution is 7.17. The van der Waals surface area contributed by atoms with Gasteiger partial charge in [0, 0.05) is 13.1 Å². The molecule has 0 aliphatic rings. The lowest BCUT2D eigenvalue weighted by atomic mass is 10.1. The van der Waals surface area contributed by atoms with Crippen molar-refractivity contribution in [2.75, 3.05) is 0 Å². The number of nitrogens with zero attached hydrogens (tertiary/aromatic N) is 1. The Hall–Kier alpha value is -3.13. The number of hydrogen-bond acceptors (Lipinski definition) is 2. The molecule has 30 heavy (non-hydrogen) atoms. The summed E-state index contributed by atoms with van der Waals surface area (Å²) in [7, 11) is 0. The van der Waals surface area contributed by atoms with Gasteiger partial charge < -0.3 is 9.88 Å². The first-order valence-corrected chi connectivity index (χ1v) is 9.95. The first-order valence-electron chi connectivity index (χ1n) is 9.07. The van der Waals surface area contributed by atoms with Gasteiger partial charge in [0.15, 0.2) is 0 Å². The fourth-order valence-corrected chi connectivity index (χ4v) is 4.06. The average molecular weight is 432 g/mol. The summed E-state index contributed by atoms with van der Waals surface area (Å²) in [4.78, 5) is 12.8. The molecule has 0 saturated heterocycles. The molecule has 0 saturated carbocycles. The summed E-state index contributed by atoms with van der Waals surface area (Å²) >= 11 is 1.47. The van der Waals surface area contributed by atoms with Crippen LogP contribution in [0.3, 0.4) is 0 Å². The first-order chi connectivity index (χ1) is 14.3. The zero-order valence-corrected chi connectivity index (χ0v) is 16.4.